The van der Waals surface area contributed by atoms with Gasteiger partial charge in [-0.1, -0.05) is 18.5 Å². The van der Waals surface area contributed by atoms with E-state index in [0.717, 1.165) is 41.4 Å². The molecule has 1 N–H and O–H groups in total. The van der Waals surface area contributed by atoms with Gasteiger partial charge in [0.1, 0.15) is 5.00 Å². The zero-order chi connectivity index (χ0) is 20.8. The Bertz CT molecular complexity index is 868. The predicted molar refractivity (Wildman–Crippen MR) is 120 cm³/mol. The SMILES string of the molecule is CCOC(=O)c1c(NC(=O)CCSc2ccc(Cl)cc2)sc2c1CCN(CC)C2. The summed E-state index contributed by atoms with van der Waals surface area (Å²) in [4.78, 5) is 29.6. The van der Waals surface area contributed by atoms with E-state index in [2.05, 4.69) is 17.1 Å². The lowest BCUT2D eigenvalue weighted by atomic mass is 10.0. The molecule has 0 fully saturated rings. The van der Waals surface area contributed by atoms with Gasteiger partial charge in [0.05, 0.1) is 12.2 Å². The number of benzene rings is 1. The van der Waals surface area contributed by atoms with E-state index in [9.17, 15) is 9.59 Å². The maximum Gasteiger partial charge on any atom is 0.341 e. The summed E-state index contributed by atoms with van der Waals surface area (Å²) >= 11 is 9.00. The molecule has 1 aliphatic rings. The summed E-state index contributed by atoms with van der Waals surface area (Å²) in [6.07, 6.45) is 1.16. The third-order valence-corrected chi connectivity index (χ3v) is 7.13. The standard InChI is InChI=1S/C21H25ClN2O3S2/c1-3-24-11-9-16-17(13-24)29-20(19(16)21(26)27-4-2)23-18(25)10-12-28-15-7-5-14(22)6-8-15/h5-8H,3-4,9-13H2,1-2H3,(H,23,25). The van der Waals surface area contributed by atoms with Crippen molar-refractivity contribution in [1.82, 2.24) is 4.90 Å². The number of rotatable bonds is 8. The molecule has 29 heavy (non-hydrogen) atoms. The van der Waals surface area contributed by atoms with E-state index in [1.807, 2.05) is 24.3 Å². The van der Waals surface area contributed by atoms with E-state index < -0.39 is 0 Å². The first-order valence-corrected chi connectivity index (χ1v) is 11.9. The van der Waals surface area contributed by atoms with Crippen LogP contribution in [0.4, 0.5) is 5.00 Å². The van der Waals surface area contributed by atoms with E-state index in [1.165, 1.54) is 11.3 Å². The molecule has 1 aromatic heterocycles. The van der Waals surface area contributed by atoms with Crippen LogP contribution in [0.3, 0.4) is 0 Å². The Balaban J connectivity index is 1.67. The predicted octanol–water partition coefficient (Wildman–Crippen LogP) is 5.08. The molecule has 0 bridgehead atoms. The highest BCUT2D eigenvalue weighted by Crippen LogP contribution is 2.37. The third kappa shape index (κ3) is 5.75. The number of thioether (sulfide) groups is 1. The van der Waals surface area contributed by atoms with E-state index in [1.54, 1.807) is 18.7 Å². The quantitative estimate of drug-likeness (QED) is 0.447. The minimum absolute atomic E-state index is 0.0945. The third-order valence-electron chi connectivity index (χ3n) is 4.73. The van der Waals surface area contributed by atoms with Crippen LogP contribution in [0.15, 0.2) is 29.2 Å². The fourth-order valence-electron chi connectivity index (χ4n) is 3.22. The van der Waals surface area contributed by atoms with Crippen molar-refractivity contribution in [3.63, 3.8) is 0 Å². The number of ether oxygens (including phenoxy) is 1. The van der Waals surface area contributed by atoms with Crippen molar-refractivity contribution < 1.29 is 14.3 Å². The van der Waals surface area contributed by atoms with Gasteiger partial charge in [0.2, 0.25) is 5.91 Å². The molecule has 8 heteroatoms. The molecule has 1 aliphatic heterocycles. The molecule has 0 unspecified atom stereocenters. The van der Waals surface area contributed by atoms with Crippen LogP contribution in [0.5, 0.6) is 0 Å². The highest BCUT2D eigenvalue weighted by atomic mass is 35.5. The molecule has 0 aliphatic carbocycles. The molecular formula is C21H25ClN2O3S2. The second-order valence-corrected chi connectivity index (χ2v) is 9.36. The smallest absolute Gasteiger partial charge is 0.341 e. The fourth-order valence-corrected chi connectivity index (χ4v) is 5.49. The molecular weight excluding hydrogens is 428 g/mol. The maximum atomic E-state index is 12.6. The van der Waals surface area contributed by atoms with Crippen LogP contribution in [0, 0.1) is 0 Å². The number of amides is 1. The van der Waals surface area contributed by atoms with Gasteiger partial charge in [0.15, 0.2) is 0 Å². The number of fused-ring (bicyclic) bond motifs is 1. The van der Waals surface area contributed by atoms with E-state index in [4.69, 9.17) is 16.3 Å². The second-order valence-electron chi connectivity index (χ2n) is 6.65. The van der Waals surface area contributed by atoms with Gasteiger partial charge in [0.25, 0.3) is 0 Å². The lowest BCUT2D eigenvalue weighted by Crippen LogP contribution is -2.30. The van der Waals surface area contributed by atoms with E-state index in [-0.39, 0.29) is 11.9 Å². The monoisotopic (exact) mass is 452 g/mol. The lowest BCUT2D eigenvalue weighted by Gasteiger charge is -2.25. The Kier molecular flexibility index (Phi) is 8.00. The molecule has 0 spiro atoms. The van der Waals surface area contributed by atoms with Crippen molar-refractivity contribution >= 4 is 51.6 Å². The molecule has 0 radical (unpaired) electrons. The minimum Gasteiger partial charge on any atom is -0.462 e. The van der Waals surface area contributed by atoms with Crippen LogP contribution in [-0.4, -0.2) is 42.2 Å². The minimum atomic E-state index is -0.346. The largest absolute Gasteiger partial charge is 0.462 e. The number of nitrogens with one attached hydrogen (secondary N) is 1. The summed E-state index contributed by atoms with van der Waals surface area (Å²) in [5.41, 5.74) is 1.57. The fraction of sp³-hybridized carbons (Fsp3) is 0.429. The molecule has 0 saturated carbocycles. The van der Waals surface area contributed by atoms with Crippen LogP contribution < -0.4 is 5.32 Å². The van der Waals surface area contributed by atoms with Crippen molar-refractivity contribution in [1.29, 1.82) is 0 Å². The van der Waals surface area contributed by atoms with Crippen LogP contribution in [0.25, 0.3) is 0 Å². The number of likely N-dealkylation sites (N-methyl/N-ethyl adjacent to an activating group) is 1. The zero-order valence-electron chi connectivity index (χ0n) is 16.6. The van der Waals surface area contributed by atoms with Crippen molar-refractivity contribution in [2.24, 2.45) is 0 Å². The first-order valence-electron chi connectivity index (χ1n) is 9.74. The highest BCUT2D eigenvalue weighted by molar-refractivity contribution is 7.99. The summed E-state index contributed by atoms with van der Waals surface area (Å²) < 4.78 is 5.26. The Labute approximate surface area is 184 Å². The second kappa shape index (κ2) is 10.5. The zero-order valence-corrected chi connectivity index (χ0v) is 19.0. The van der Waals surface area contributed by atoms with Crippen molar-refractivity contribution in [2.45, 2.75) is 38.1 Å². The molecule has 2 aromatic rings. The molecule has 0 atom stereocenters. The van der Waals surface area contributed by atoms with Gasteiger partial charge in [0, 0.05) is 40.1 Å². The summed E-state index contributed by atoms with van der Waals surface area (Å²) in [7, 11) is 0. The van der Waals surface area contributed by atoms with Crippen LogP contribution in [0.2, 0.25) is 5.02 Å². The maximum absolute atomic E-state index is 12.6. The molecule has 2 heterocycles. The van der Waals surface area contributed by atoms with Crippen LogP contribution >= 0.6 is 34.7 Å². The average molecular weight is 453 g/mol. The van der Waals surface area contributed by atoms with Gasteiger partial charge in [-0.25, -0.2) is 4.79 Å². The first kappa shape index (κ1) is 22.2. The molecule has 5 nitrogen and oxygen atoms in total. The normalized spacial score (nSPS) is 13.8. The number of carbonyl (C=O) groups is 2. The van der Waals surface area contributed by atoms with Gasteiger partial charge in [-0.2, -0.15) is 0 Å². The Morgan fingerprint density at radius 1 is 1.28 bits per heavy atom. The van der Waals surface area contributed by atoms with Crippen LogP contribution in [0.1, 0.15) is 41.1 Å². The summed E-state index contributed by atoms with van der Waals surface area (Å²) in [5, 5.41) is 4.28. The molecule has 3 rings (SSSR count). The number of hydrogen-bond acceptors (Lipinski definition) is 6. The van der Waals surface area contributed by atoms with Gasteiger partial charge in [-0.05, 0) is 49.7 Å². The van der Waals surface area contributed by atoms with E-state index >= 15 is 0 Å². The van der Waals surface area contributed by atoms with Gasteiger partial charge in [-0.3, -0.25) is 9.69 Å². The number of thiophene rings is 1. The number of nitrogens with zero attached hydrogens (tertiary/aromatic N) is 1. The lowest BCUT2D eigenvalue weighted by molar-refractivity contribution is -0.115. The molecule has 0 saturated heterocycles. The summed E-state index contributed by atoms with van der Waals surface area (Å²) in [5.74, 6) is 0.209. The molecule has 156 valence electrons. The number of halogens is 1. The van der Waals surface area contributed by atoms with Crippen LogP contribution in [-0.2, 0) is 22.5 Å². The number of carbonyl (C=O) groups excluding carboxylic acids is 2. The van der Waals surface area contributed by atoms with Gasteiger partial charge < -0.3 is 10.1 Å². The summed E-state index contributed by atoms with van der Waals surface area (Å²) in [6, 6.07) is 7.56. The average Bonchev–Trinajstić information content (AvgIpc) is 3.06. The Morgan fingerprint density at radius 2 is 2.03 bits per heavy atom. The van der Waals surface area contributed by atoms with E-state index in [0.29, 0.717) is 34.4 Å². The van der Waals surface area contributed by atoms with Gasteiger partial charge >= 0.3 is 5.97 Å². The van der Waals surface area contributed by atoms with Crippen molar-refractivity contribution in [3.05, 3.63) is 45.3 Å². The molecule has 1 amide bonds. The number of hydrogen-bond donors (Lipinski definition) is 1. The first-order chi connectivity index (χ1) is 14.0. The molecule has 1 aromatic carbocycles. The van der Waals surface area contributed by atoms with Gasteiger partial charge in [-0.15, -0.1) is 23.1 Å². The Hall–Kier alpha value is -1.54. The Morgan fingerprint density at radius 3 is 2.72 bits per heavy atom. The summed E-state index contributed by atoms with van der Waals surface area (Å²) in [6.45, 7) is 6.93. The van der Waals surface area contributed by atoms with Crippen molar-refractivity contribution in [2.75, 3.05) is 30.8 Å². The highest BCUT2D eigenvalue weighted by Gasteiger charge is 2.29. The number of anilines is 1. The topological polar surface area (TPSA) is 58.6 Å². The van der Waals surface area contributed by atoms with Crippen molar-refractivity contribution in [3.8, 4) is 0 Å². The number of esters is 1.